The summed E-state index contributed by atoms with van der Waals surface area (Å²) >= 11 is 1.45. The number of carbonyl (C=O) groups excluding carboxylic acids is 1. The summed E-state index contributed by atoms with van der Waals surface area (Å²) in [5.41, 5.74) is 5.28. The number of aromatic nitrogens is 3. The van der Waals surface area contributed by atoms with Crippen molar-refractivity contribution in [2.75, 3.05) is 5.32 Å². The van der Waals surface area contributed by atoms with E-state index in [0.29, 0.717) is 17.2 Å². The molecule has 0 saturated carbocycles. The normalized spacial score (nSPS) is 11.1. The van der Waals surface area contributed by atoms with Gasteiger partial charge in [-0.25, -0.2) is 14.1 Å². The Morgan fingerprint density at radius 1 is 1.06 bits per heavy atom. The first-order valence-corrected chi connectivity index (χ1v) is 11.9. The molecule has 5 nitrogen and oxygen atoms in total. The van der Waals surface area contributed by atoms with E-state index in [1.807, 2.05) is 67.8 Å². The molecule has 0 aliphatic rings. The first kappa shape index (κ1) is 22.0. The number of anilines is 1. The predicted octanol–water partition coefficient (Wildman–Crippen LogP) is 6.01. The van der Waals surface area contributed by atoms with Gasteiger partial charge in [0.25, 0.3) is 0 Å². The molecule has 0 unspecified atom stereocenters. The molecule has 170 valence electrons. The molecule has 0 atom stereocenters. The molecule has 0 aliphatic carbocycles. The number of amides is 1. The van der Waals surface area contributed by atoms with E-state index in [0.717, 1.165) is 39.0 Å². The van der Waals surface area contributed by atoms with Crippen molar-refractivity contribution >= 4 is 33.7 Å². The van der Waals surface area contributed by atoms with E-state index in [2.05, 4.69) is 15.4 Å². The molecular weight excluding hydrogens is 447 g/mol. The Balaban J connectivity index is 1.32. The van der Waals surface area contributed by atoms with E-state index in [1.165, 1.54) is 17.4 Å². The van der Waals surface area contributed by atoms with E-state index in [-0.39, 0.29) is 18.1 Å². The third kappa shape index (κ3) is 4.47. The largest absolute Gasteiger partial charge is 0.325 e. The van der Waals surface area contributed by atoms with Gasteiger partial charge in [0, 0.05) is 34.1 Å². The van der Waals surface area contributed by atoms with Crippen molar-refractivity contribution in [3.8, 4) is 5.13 Å². The molecule has 1 N–H and O–H groups in total. The van der Waals surface area contributed by atoms with Crippen molar-refractivity contribution in [2.24, 2.45) is 0 Å². The number of rotatable bonds is 6. The minimum atomic E-state index is -0.244. The molecule has 2 aromatic heterocycles. The minimum Gasteiger partial charge on any atom is -0.325 e. The molecule has 34 heavy (non-hydrogen) atoms. The molecule has 5 rings (SSSR count). The lowest BCUT2D eigenvalue weighted by Gasteiger charge is -2.08. The van der Waals surface area contributed by atoms with Crippen LogP contribution in [0.15, 0.2) is 72.1 Å². The number of nitrogens with zero attached hydrogens (tertiary/aromatic N) is 3. The Hall–Kier alpha value is -3.84. The highest BCUT2D eigenvalue weighted by molar-refractivity contribution is 7.12. The summed E-state index contributed by atoms with van der Waals surface area (Å²) in [7, 11) is 0. The quantitative estimate of drug-likeness (QED) is 0.331. The Morgan fingerprint density at radius 2 is 1.85 bits per heavy atom. The van der Waals surface area contributed by atoms with Crippen molar-refractivity contribution in [3.05, 3.63) is 106 Å². The van der Waals surface area contributed by atoms with Gasteiger partial charge in [-0.2, -0.15) is 5.10 Å². The van der Waals surface area contributed by atoms with E-state index < -0.39 is 0 Å². The summed E-state index contributed by atoms with van der Waals surface area (Å²) in [4.78, 5) is 17.4. The molecule has 0 saturated heterocycles. The Kier molecular flexibility index (Phi) is 5.94. The summed E-state index contributed by atoms with van der Waals surface area (Å²) in [6, 6.07) is 20.4. The van der Waals surface area contributed by atoms with Crippen LogP contribution in [0.25, 0.3) is 15.9 Å². The molecule has 1 amide bonds. The van der Waals surface area contributed by atoms with Gasteiger partial charge < -0.3 is 5.32 Å². The van der Waals surface area contributed by atoms with E-state index >= 15 is 0 Å². The van der Waals surface area contributed by atoms with Crippen molar-refractivity contribution in [3.63, 3.8) is 0 Å². The summed E-state index contributed by atoms with van der Waals surface area (Å²) in [5.74, 6) is -0.361. The monoisotopic (exact) mass is 470 g/mol. The SMILES string of the molecule is Cc1nn(-c2nc(CC(=O)Nc3cccc4ccccc34)cs2)c(C)c1Cc1cccc(F)c1. The minimum absolute atomic E-state index is 0.117. The Labute approximate surface area is 200 Å². The molecule has 0 bridgehead atoms. The second kappa shape index (κ2) is 9.19. The number of carbonyl (C=O) groups is 1. The molecule has 3 aromatic carbocycles. The number of thiazole rings is 1. The fourth-order valence-electron chi connectivity index (χ4n) is 4.14. The van der Waals surface area contributed by atoms with Gasteiger partial charge >= 0.3 is 0 Å². The van der Waals surface area contributed by atoms with Gasteiger partial charge in [0.15, 0.2) is 0 Å². The first-order valence-electron chi connectivity index (χ1n) is 11.0. The van der Waals surface area contributed by atoms with E-state index in [9.17, 15) is 9.18 Å². The van der Waals surface area contributed by atoms with Gasteiger partial charge in [0.2, 0.25) is 11.0 Å². The predicted molar refractivity (Wildman–Crippen MR) is 134 cm³/mol. The van der Waals surface area contributed by atoms with Gasteiger partial charge in [-0.05, 0) is 43.0 Å². The van der Waals surface area contributed by atoms with Gasteiger partial charge in [0.1, 0.15) is 5.82 Å². The average Bonchev–Trinajstić information content (AvgIpc) is 3.39. The van der Waals surface area contributed by atoms with Crippen LogP contribution in [-0.4, -0.2) is 20.7 Å². The number of benzene rings is 3. The highest BCUT2D eigenvalue weighted by Gasteiger charge is 2.17. The first-order chi connectivity index (χ1) is 16.5. The summed E-state index contributed by atoms with van der Waals surface area (Å²) < 4.78 is 15.4. The number of halogens is 1. The van der Waals surface area contributed by atoms with Crippen LogP contribution in [0.2, 0.25) is 0 Å². The lowest BCUT2D eigenvalue weighted by molar-refractivity contribution is -0.115. The molecule has 7 heteroatoms. The Bertz CT molecular complexity index is 1500. The lowest BCUT2D eigenvalue weighted by Crippen LogP contribution is -2.15. The molecule has 0 radical (unpaired) electrons. The molecule has 2 heterocycles. The summed E-state index contributed by atoms with van der Waals surface area (Å²) in [5, 5.41) is 12.4. The van der Waals surface area contributed by atoms with Gasteiger partial charge in [-0.3, -0.25) is 4.79 Å². The standard InChI is InChI=1S/C27H23FN4OS/c1-17-24(14-19-7-5-10-21(28)13-19)18(2)32(31-17)27-29-22(16-34-27)15-26(33)30-25-12-6-9-20-8-3-4-11-23(20)25/h3-13,16H,14-15H2,1-2H3,(H,30,33). The molecular formula is C27H23FN4OS. The van der Waals surface area contributed by atoms with E-state index in [4.69, 9.17) is 0 Å². The third-order valence-corrected chi connectivity index (χ3v) is 6.70. The number of hydrogen-bond donors (Lipinski definition) is 1. The van der Waals surface area contributed by atoms with Crippen LogP contribution in [0.1, 0.15) is 28.2 Å². The second-order valence-corrected chi connectivity index (χ2v) is 9.08. The Morgan fingerprint density at radius 3 is 2.71 bits per heavy atom. The van der Waals surface area contributed by atoms with Crippen LogP contribution in [0.5, 0.6) is 0 Å². The van der Waals surface area contributed by atoms with Gasteiger partial charge in [0.05, 0.1) is 17.8 Å². The maximum Gasteiger partial charge on any atom is 0.230 e. The molecule has 5 aromatic rings. The maximum atomic E-state index is 13.6. The smallest absolute Gasteiger partial charge is 0.230 e. The highest BCUT2D eigenvalue weighted by Crippen LogP contribution is 2.25. The highest BCUT2D eigenvalue weighted by atomic mass is 32.1. The van der Waals surface area contributed by atoms with Crippen molar-refractivity contribution in [2.45, 2.75) is 26.7 Å². The fraction of sp³-hybridized carbons (Fsp3) is 0.148. The number of hydrogen-bond acceptors (Lipinski definition) is 4. The topological polar surface area (TPSA) is 59.8 Å². The maximum absolute atomic E-state index is 13.6. The number of nitrogens with one attached hydrogen (secondary N) is 1. The average molecular weight is 471 g/mol. The summed E-state index contributed by atoms with van der Waals surface area (Å²) in [6.07, 6.45) is 0.774. The van der Waals surface area contributed by atoms with Crippen LogP contribution in [-0.2, 0) is 17.6 Å². The molecule has 0 spiro atoms. The fourth-order valence-corrected chi connectivity index (χ4v) is 4.96. The number of aryl methyl sites for hydroxylation is 1. The lowest BCUT2D eigenvalue weighted by atomic mass is 10.0. The van der Waals surface area contributed by atoms with Crippen molar-refractivity contribution in [1.82, 2.24) is 14.8 Å². The van der Waals surface area contributed by atoms with Gasteiger partial charge in [-0.15, -0.1) is 11.3 Å². The van der Waals surface area contributed by atoms with Crippen LogP contribution < -0.4 is 5.32 Å². The number of fused-ring (bicyclic) bond motifs is 1. The molecule has 0 aliphatic heterocycles. The van der Waals surface area contributed by atoms with Crippen LogP contribution >= 0.6 is 11.3 Å². The third-order valence-electron chi connectivity index (χ3n) is 5.84. The molecule has 0 fully saturated rings. The van der Waals surface area contributed by atoms with Crippen LogP contribution in [0.4, 0.5) is 10.1 Å². The van der Waals surface area contributed by atoms with Gasteiger partial charge in [-0.1, -0.05) is 48.5 Å². The zero-order valence-corrected chi connectivity index (χ0v) is 19.7. The van der Waals surface area contributed by atoms with Crippen molar-refractivity contribution in [1.29, 1.82) is 0 Å². The summed E-state index contributed by atoms with van der Waals surface area (Å²) in [6.45, 7) is 3.94. The van der Waals surface area contributed by atoms with Crippen LogP contribution in [0.3, 0.4) is 0 Å². The second-order valence-electron chi connectivity index (χ2n) is 8.24. The zero-order chi connectivity index (χ0) is 23.7. The van der Waals surface area contributed by atoms with Crippen LogP contribution in [0, 0.1) is 19.7 Å². The zero-order valence-electron chi connectivity index (χ0n) is 18.9. The van der Waals surface area contributed by atoms with Crippen molar-refractivity contribution < 1.29 is 9.18 Å². The van der Waals surface area contributed by atoms with E-state index in [1.54, 1.807) is 16.8 Å².